The highest BCUT2D eigenvalue weighted by atomic mass is 79.9. The average Bonchev–Trinajstić information content (AvgIpc) is 1.58. The van der Waals surface area contributed by atoms with Gasteiger partial charge >= 0.3 is 17.6 Å². The number of nitro groups is 1. The van der Waals surface area contributed by atoms with Gasteiger partial charge in [0.15, 0.2) is 17.2 Å². The van der Waals surface area contributed by atoms with Gasteiger partial charge in [-0.15, -0.1) is 0 Å². The summed E-state index contributed by atoms with van der Waals surface area (Å²) in [6, 6.07) is 52.5. The molecule has 10 aromatic heterocycles. The summed E-state index contributed by atoms with van der Waals surface area (Å²) in [5, 5.41) is 28.9. The van der Waals surface area contributed by atoms with Crippen molar-refractivity contribution in [2.24, 2.45) is 23.5 Å². The van der Waals surface area contributed by atoms with E-state index < -0.39 is 55.3 Å². The summed E-state index contributed by atoms with van der Waals surface area (Å²) in [4.78, 5) is 150. The SMILES string of the molecule is CC[C@H]1OC(=O)c2coc3c2[C@@]1(C)C1=C(C3=O)[C@@H]2CCC(=O)[C@@]2(C)C[C@H]1OC(C)=O.Cc1ccc([N+](=O)[O-])cc1S(=O)(=O)N(C)/N=C/c1cnc2ccc(Br)cn12.Cc1ccccc1-n1c(Cn2cnc3c(N)ncnc32)nc2cccc(C)c2c1=O.Cn1c(=O)n(-c2ccc(C(C)(C)C#N)cc2)c2c3cc(-c4cnc5ccccc5c4)ccc3ncc21.O=C1NC(=O)/C(=C/c2ccc3nccnc3c2)S1. The van der Waals surface area contributed by atoms with Crippen LogP contribution in [0.4, 0.5) is 16.3 Å². The molecule has 7 aromatic carbocycles. The maximum Gasteiger partial charge on any atom is 0.342 e. The van der Waals surface area contributed by atoms with Crippen molar-refractivity contribution in [1.29, 1.82) is 5.26 Å². The van der Waals surface area contributed by atoms with Crippen molar-refractivity contribution < 1.29 is 56.0 Å². The molecular weight excluding hydrogens is 1900 g/mol. The second kappa shape index (κ2) is 37.4. The fraction of sp³-hybridized carbons (Fsp3) is 0.214. The number of fused-ring (bicyclic) bond motifs is 11. The van der Waals surface area contributed by atoms with Crippen LogP contribution < -0.4 is 22.3 Å². The number of aryl methyl sites for hydroxylation is 4. The number of nitro benzene ring substituents is 1. The monoisotopic (exact) mass is 1990 g/mol. The van der Waals surface area contributed by atoms with Gasteiger partial charge in [-0.25, -0.2) is 34.5 Å². The van der Waals surface area contributed by atoms with E-state index in [1.54, 1.807) is 81.5 Å². The maximum absolute atomic E-state index is 13.7. The largest absolute Gasteiger partial charge is 0.460 e. The molecule has 5 atom stereocenters. The fourth-order valence-corrected chi connectivity index (χ4v) is 21.2. The number of imidazole rings is 3. The van der Waals surface area contributed by atoms with Gasteiger partial charge in [0.25, 0.3) is 32.4 Å². The lowest BCUT2D eigenvalue weighted by molar-refractivity contribution is -0.385. The van der Waals surface area contributed by atoms with Crippen LogP contribution in [0.25, 0.3) is 100 Å². The van der Waals surface area contributed by atoms with Crippen LogP contribution >= 0.6 is 27.7 Å². The predicted molar refractivity (Wildman–Crippen MR) is 534 cm³/mol. The summed E-state index contributed by atoms with van der Waals surface area (Å²) < 4.78 is 52.8. The lowest BCUT2D eigenvalue weighted by Gasteiger charge is -2.51. The van der Waals surface area contributed by atoms with Crippen LogP contribution in [0.1, 0.15) is 133 Å². The van der Waals surface area contributed by atoms with Crippen molar-refractivity contribution in [2.45, 2.75) is 122 Å². The maximum atomic E-state index is 13.7. The van der Waals surface area contributed by atoms with Crippen molar-refractivity contribution in [3.8, 4) is 28.6 Å². The van der Waals surface area contributed by atoms with Gasteiger partial charge in [0.1, 0.15) is 53.1 Å². The highest BCUT2D eigenvalue weighted by Gasteiger charge is 2.64. The van der Waals surface area contributed by atoms with Crippen molar-refractivity contribution in [3.63, 3.8) is 0 Å². The highest BCUT2D eigenvalue weighted by Crippen LogP contribution is 2.62. The Bertz CT molecular complexity index is 8570. The number of amides is 2. The van der Waals surface area contributed by atoms with Crippen LogP contribution in [0.15, 0.2) is 264 Å². The third-order valence-electron chi connectivity index (χ3n) is 26.2. The molecule has 1 saturated heterocycles. The summed E-state index contributed by atoms with van der Waals surface area (Å²) in [5.74, 6) is -0.792. The topological polar surface area (TPSA) is 463 Å². The number of hydrogen-bond acceptors (Lipinski definition) is 28. The Labute approximate surface area is 815 Å². The Hall–Kier alpha value is -16.5. The number of ether oxygens (including phenoxy) is 2. The van der Waals surface area contributed by atoms with E-state index in [1.165, 1.54) is 44.9 Å². The van der Waals surface area contributed by atoms with Crippen LogP contribution in [-0.2, 0) is 58.3 Å². The Morgan fingerprint density at radius 2 is 1.55 bits per heavy atom. The van der Waals surface area contributed by atoms with Gasteiger partial charge in [-0.1, -0.05) is 92.7 Å². The number of thioether (sulfide) groups is 1. The minimum absolute atomic E-state index is 0.0854. The second-order valence-corrected chi connectivity index (χ2v) is 39.2. The van der Waals surface area contributed by atoms with Gasteiger partial charge in [-0.05, 0) is 200 Å². The number of carbonyl (C=O) groups is 6. The number of ketones is 2. The van der Waals surface area contributed by atoms with E-state index in [1.807, 2.05) is 181 Å². The zero-order valence-electron chi connectivity index (χ0n) is 77.7. The number of carbonyl (C=O) groups excluding carboxylic acids is 6. The molecule has 5 aliphatic rings. The number of non-ortho nitro benzene ring substituents is 1. The first kappa shape index (κ1) is 94.8. The van der Waals surface area contributed by atoms with Crippen LogP contribution in [0.3, 0.4) is 0 Å². The molecule has 141 heavy (non-hydrogen) atoms. The van der Waals surface area contributed by atoms with Gasteiger partial charge in [0.2, 0.25) is 5.78 Å². The molecule has 2 fully saturated rings. The van der Waals surface area contributed by atoms with E-state index in [4.69, 9.17) is 24.6 Å². The lowest BCUT2D eigenvalue weighted by Crippen LogP contribution is -2.56. The average molecular weight is 1990 g/mol. The normalized spacial score (nSPS) is 17.8. The third-order valence-corrected chi connectivity index (χ3v) is 29.3. The molecule has 35 nitrogen and oxygen atoms in total. The number of aromatic nitrogens is 14. The van der Waals surface area contributed by atoms with Gasteiger partial charge < -0.3 is 24.2 Å². The molecular formula is C103H87BrN20O15S2. The molecule has 38 heteroatoms. The molecule has 3 aliphatic carbocycles. The number of furan rings is 1. The van der Waals surface area contributed by atoms with Gasteiger partial charge in [0, 0.05) is 114 Å². The van der Waals surface area contributed by atoms with E-state index in [9.17, 15) is 62.2 Å². The van der Waals surface area contributed by atoms with Crippen LogP contribution in [0.2, 0.25) is 0 Å². The molecule has 2 amide bonds. The third kappa shape index (κ3) is 17.4. The van der Waals surface area contributed by atoms with Gasteiger partial charge in [-0.2, -0.15) is 23.2 Å². The first-order chi connectivity index (χ1) is 67.5. The summed E-state index contributed by atoms with van der Waals surface area (Å²) >= 11 is 4.26. The molecule has 12 heterocycles. The number of pyridine rings is 3. The Kier molecular flexibility index (Phi) is 25.2. The van der Waals surface area contributed by atoms with E-state index in [-0.39, 0.29) is 61.8 Å². The fourth-order valence-electron chi connectivity index (χ4n) is 19.0. The number of nitrogens with one attached hydrogen (secondary N) is 1. The van der Waals surface area contributed by atoms with Gasteiger partial charge in [0.05, 0.1) is 124 Å². The minimum atomic E-state index is -4.05. The Balaban J connectivity index is 0.000000118. The van der Waals surface area contributed by atoms with Gasteiger partial charge in [-0.3, -0.25) is 82.2 Å². The number of nitrogen functional groups attached to an aromatic ring is 1. The molecule has 0 spiro atoms. The number of halogens is 1. The number of nitrogens with zero attached hydrogens (tertiary/aromatic N) is 18. The van der Waals surface area contributed by atoms with E-state index >= 15 is 0 Å². The summed E-state index contributed by atoms with van der Waals surface area (Å²) in [7, 11) is -1.02. The molecule has 0 radical (unpaired) electrons. The molecule has 708 valence electrons. The number of para-hydroxylation sites is 2. The highest BCUT2D eigenvalue weighted by molar-refractivity contribution is 9.10. The molecule has 0 bridgehead atoms. The van der Waals surface area contributed by atoms with Crippen LogP contribution in [0, 0.1) is 53.5 Å². The standard InChI is InChI=1S/C30H23N5O.C23H24O7.C22H19N7O.C16H14BrN5O4S.C12H7N3O2S/c1-30(2,18-31)22-9-11-23(12-10-22)35-28-24-15-19(21-14-20-6-4-5-7-25(20)32-16-21)8-13-26(24)33-17-27(28)34(3)29(35)36;1-5-15-23(4)17-11(21(27)30-15)9-28-20(17)19(26)16-12-6-7-14(25)22(12,3)8-13(18(16)23)29-10(2)24;1-13-6-3-4-9-16(13)29-17(27-15-8-5-7-14(2)18(15)22(29)30)10-28-12-26-19-20(23)24-11-25-21(19)28;1-11-3-5-13(22(23)24)7-15(11)27(25,26)20(2)19-9-14-8-18-16-6-4-12(17)10-21(14)16;16-11-10(18-12(17)15-11)6-7-1-2-8-9(5-7)14-4-3-13-8/h4-17H,1-3H3;9,12-13,15H,5-8H2,1-4H3;3-9,11-12H,10H2,1-2H3,(H2,23,24,25);3-10H,1-2H3;1-6H,(H,15,16,17)/b;;;19-9+;10-6-/t;12-,13+,15+,22-,23-;;;/m.0.../s1. The number of hydrazone groups is 1. The summed E-state index contributed by atoms with van der Waals surface area (Å²) in [6.45, 7) is 16.6. The number of allylic oxidation sites excluding steroid dienone is 1. The van der Waals surface area contributed by atoms with E-state index in [0.29, 0.717) is 104 Å². The van der Waals surface area contributed by atoms with Crippen molar-refractivity contribution >= 4 is 168 Å². The quantitative estimate of drug-likeness (QED) is 0.0336. The Morgan fingerprint density at radius 3 is 2.29 bits per heavy atom. The number of esters is 2. The molecule has 17 aromatic rings. The van der Waals surface area contributed by atoms with Crippen molar-refractivity contribution in [2.75, 3.05) is 12.8 Å². The number of rotatable bonds is 14. The number of benzene rings is 7. The smallest absolute Gasteiger partial charge is 0.342 e. The zero-order valence-corrected chi connectivity index (χ0v) is 80.9. The summed E-state index contributed by atoms with van der Waals surface area (Å²) in [6.07, 6.45) is 18.1. The van der Waals surface area contributed by atoms with E-state index in [0.717, 1.165) is 115 Å². The number of hydrogen-bond donors (Lipinski definition) is 2. The number of sulfonamides is 1. The second-order valence-electron chi connectivity index (χ2n) is 35.4. The number of Topliss-reactive ketones (excluding diaryl/α,β-unsaturated/α-hetero) is 2. The Morgan fingerprint density at radius 1 is 0.809 bits per heavy atom. The predicted octanol–water partition coefficient (Wildman–Crippen LogP) is 16.9. The number of imide groups is 1. The van der Waals surface area contributed by atoms with Crippen molar-refractivity contribution in [3.05, 3.63) is 328 Å². The molecule has 3 N–H and O–H groups in total. The summed E-state index contributed by atoms with van der Waals surface area (Å²) in [5.41, 5.74) is 20.5. The first-order valence-electron chi connectivity index (χ1n) is 44.5. The van der Waals surface area contributed by atoms with Crippen LogP contribution in [0.5, 0.6) is 0 Å². The lowest BCUT2D eigenvalue weighted by atomic mass is 9.54. The van der Waals surface area contributed by atoms with Crippen LogP contribution in [-0.4, -0.2) is 145 Å². The molecule has 1 saturated carbocycles. The van der Waals surface area contributed by atoms with Crippen molar-refractivity contribution in [1.82, 2.24) is 77.3 Å². The molecule has 0 unspecified atom stereocenters. The molecule has 22 rings (SSSR count). The number of cyclic esters (lactones) is 1. The number of anilines is 1. The number of nitriles is 1. The minimum Gasteiger partial charge on any atom is -0.460 e. The van der Waals surface area contributed by atoms with E-state index in [2.05, 4.69) is 90.5 Å². The zero-order chi connectivity index (χ0) is 99.7. The first-order valence-corrected chi connectivity index (χ1v) is 47.6. The molecule has 2 aliphatic heterocycles. The number of nitrogens with two attached hydrogens (primary N) is 1.